The first-order valence-electron chi connectivity index (χ1n) is 13.9. The van der Waals surface area contributed by atoms with Crippen molar-refractivity contribution in [2.45, 2.75) is 24.3 Å². The van der Waals surface area contributed by atoms with Gasteiger partial charge in [-0.05, 0) is 80.9 Å². The normalized spacial score (nSPS) is 20.4. The lowest BCUT2D eigenvalue weighted by Crippen LogP contribution is -2.32. The monoisotopic (exact) mass is 517 g/mol. The molecular formula is C38H31NO. The maximum atomic E-state index is 6.90. The summed E-state index contributed by atoms with van der Waals surface area (Å²) in [6.45, 7) is 8.73. The largest absolute Gasteiger partial charge is 0.457 e. The highest BCUT2D eigenvalue weighted by molar-refractivity contribution is 5.80. The molecular weight excluding hydrogens is 486 g/mol. The highest BCUT2D eigenvalue weighted by Crippen LogP contribution is 2.54. The number of aryl methyl sites for hydroxylation is 1. The van der Waals surface area contributed by atoms with Crippen molar-refractivity contribution >= 4 is 24.3 Å². The average molecular weight is 518 g/mol. The molecule has 0 fully saturated rings. The van der Waals surface area contributed by atoms with Crippen molar-refractivity contribution in [3.63, 3.8) is 0 Å². The smallest absolute Gasteiger partial charge is 0.132 e. The van der Waals surface area contributed by atoms with E-state index in [1.807, 2.05) is 12.1 Å². The molecule has 0 aromatic heterocycles. The van der Waals surface area contributed by atoms with Crippen LogP contribution in [0.5, 0.6) is 11.5 Å². The van der Waals surface area contributed by atoms with Crippen LogP contribution in [0.1, 0.15) is 51.4 Å². The van der Waals surface area contributed by atoms with Crippen LogP contribution in [-0.2, 0) is 11.8 Å². The van der Waals surface area contributed by atoms with Gasteiger partial charge < -0.3 is 10.5 Å². The highest BCUT2D eigenvalue weighted by atomic mass is 16.5. The first kappa shape index (κ1) is 24.4. The van der Waals surface area contributed by atoms with Gasteiger partial charge in [0.2, 0.25) is 0 Å². The van der Waals surface area contributed by atoms with Crippen molar-refractivity contribution in [3.8, 4) is 11.5 Å². The maximum Gasteiger partial charge on any atom is 0.132 e. The molecule has 194 valence electrons. The van der Waals surface area contributed by atoms with Gasteiger partial charge in [0.1, 0.15) is 11.5 Å². The third-order valence-corrected chi connectivity index (χ3v) is 8.44. The van der Waals surface area contributed by atoms with Crippen LogP contribution in [0.2, 0.25) is 0 Å². The molecule has 1 spiro atoms. The number of hydrogen-bond acceptors (Lipinski definition) is 2. The number of rotatable bonds is 2. The summed E-state index contributed by atoms with van der Waals surface area (Å²) in [5.74, 6) is 1.69. The lowest BCUT2D eigenvalue weighted by Gasteiger charge is -2.40. The molecule has 2 atom stereocenters. The summed E-state index contributed by atoms with van der Waals surface area (Å²) >= 11 is 0. The molecule has 2 heteroatoms. The lowest BCUT2D eigenvalue weighted by atomic mass is 9.65. The third kappa shape index (κ3) is 3.84. The zero-order valence-electron chi connectivity index (χ0n) is 22.4. The van der Waals surface area contributed by atoms with Crippen molar-refractivity contribution in [2.24, 2.45) is 5.73 Å². The Kier molecular flexibility index (Phi) is 5.80. The molecule has 1 aliphatic heterocycles. The van der Waals surface area contributed by atoms with Gasteiger partial charge in [-0.3, -0.25) is 0 Å². The van der Waals surface area contributed by atoms with Crippen molar-refractivity contribution < 1.29 is 4.74 Å². The van der Waals surface area contributed by atoms with Crippen molar-refractivity contribution in [1.82, 2.24) is 0 Å². The first-order valence-corrected chi connectivity index (χ1v) is 13.9. The van der Waals surface area contributed by atoms with Crippen LogP contribution >= 0.6 is 0 Å². The Morgan fingerprint density at radius 2 is 1.62 bits per heavy atom. The van der Waals surface area contributed by atoms with Gasteiger partial charge in [-0.1, -0.05) is 110 Å². The fraction of sp³-hybridized carbons (Fsp3) is 0.105. The summed E-state index contributed by atoms with van der Waals surface area (Å²) in [5, 5.41) is 2.09. The number of allylic oxidation sites excluding steroid dienone is 6. The Labute approximate surface area is 235 Å². The molecule has 4 aromatic rings. The van der Waals surface area contributed by atoms with E-state index < -0.39 is 5.41 Å². The van der Waals surface area contributed by atoms with Crippen molar-refractivity contribution in [2.75, 3.05) is 0 Å². The van der Waals surface area contributed by atoms with E-state index in [0.717, 1.165) is 62.6 Å². The molecule has 2 aliphatic carbocycles. The molecule has 0 saturated heterocycles. The Morgan fingerprint density at radius 1 is 0.825 bits per heavy atom. The van der Waals surface area contributed by atoms with Gasteiger partial charge in [0.15, 0.2) is 0 Å². The second kappa shape index (κ2) is 9.51. The zero-order valence-corrected chi connectivity index (χ0v) is 22.4. The SMILES string of the molecule is C=C1/C=C\C=CC2(c3ccccc3Oc3ccc(C(N)/C=c4/cc5c(cc4=C)CCC=C5)cc32)c2ccccc21. The first-order chi connectivity index (χ1) is 19.5. The highest BCUT2D eigenvalue weighted by Gasteiger charge is 2.43. The zero-order chi connectivity index (χ0) is 27.3. The third-order valence-electron chi connectivity index (χ3n) is 8.44. The van der Waals surface area contributed by atoms with E-state index >= 15 is 0 Å². The van der Waals surface area contributed by atoms with Gasteiger partial charge >= 0.3 is 0 Å². The van der Waals surface area contributed by atoms with E-state index in [4.69, 9.17) is 10.5 Å². The van der Waals surface area contributed by atoms with E-state index in [0.29, 0.717) is 0 Å². The van der Waals surface area contributed by atoms with Crippen LogP contribution in [0.25, 0.3) is 24.3 Å². The molecule has 0 radical (unpaired) electrons. The molecule has 0 saturated carbocycles. The summed E-state index contributed by atoms with van der Waals surface area (Å²) < 4.78 is 6.51. The average Bonchev–Trinajstić information content (AvgIpc) is 2.98. The predicted molar refractivity (Wildman–Crippen MR) is 167 cm³/mol. The second-order valence-corrected chi connectivity index (χ2v) is 10.8. The minimum Gasteiger partial charge on any atom is -0.457 e. The number of benzene rings is 4. The number of fused-ring (bicyclic) bond motifs is 7. The number of hydrogen-bond donors (Lipinski definition) is 1. The van der Waals surface area contributed by atoms with Crippen molar-refractivity contribution in [3.05, 3.63) is 165 Å². The van der Waals surface area contributed by atoms with Crippen LogP contribution in [0.3, 0.4) is 0 Å². The quantitative estimate of drug-likeness (QED) is 0.307. The summed E-state index contributed by atoms with van der Waals surface area (Å²) in [5.41, 5.74) is 15.4. The molecule has 40 heavy (non-hydrogen) atoms. The molecule has 2 unspecified atom stereocenters. The van der Waals surface area contributed by atoms with Crippen LogP contribution in [0.4, 0.5) is 0 Å². The van der Waals surface area contributed by atoms with Crippen molar-refractivity contribution in [1.29, 1.82) is 0 Å². The summed E-state index contributed by atoms with van der Waals surface area (Å²) in [4.78, 5) is 0. The van der Waals surface area contributed by atoms with E-state index in [9.17, 15) is 0 Å². The summed E-state index contributed by atoms with van der Waals surface area (Å²) in [7, 11) is 0. The van der Waals surface area contributed by atoms with E-state index in [-0.39, 0.29) is 6.04 Å². The van der Waals surface area contributed by atoms with Crippen LogP contribution < -0.4 is 20.9 Å². The number of nitrogens with two attached hydrogens (primary N) is 1. The number of ether oxygens (including phenoxy) is 1. The maximum absolute atomic E-state index is 6.90. The molecule has 2 N–H and O–H groups in total. The molecule has 4 aromatic carbocycles. The topological polar surface area (TPSA) is 35.2 Å². The fourth-order valence-corrected chi connectivity index (χ4v) is 6.42. The predicted octanol–water partition coefficient (Wildman–Crippen LogP) is 7.12. The molecule has 0 amide bonds. The van der Waals surface area contributed by atoms with Crippen LogP contribution in [-0.4, -0.2) is 0 Å². The molecule has 2 nitrogen and oxygen atoms in total. The standard InChI is InChI=1S/C38H31NO/c1-25-11-9-10-20-38(32-15-6-5-14-31(25)32)33-16-7-8-17-36(33)40-37-19-18-29(23-34(37)38)35(39)24-30-22-28-13-4-3-12-27(28)21-26(30)2/h4-11,13-24,35H,1-3,12,39H2/b11-9-,20-10?,30-24-. The molecule has 1 heterocycles. The summed E-state index contributed by atoms with van der Waals surface area (Å²) in [6.07, 6.45) is 17.3. The summed E-state index contributed by atoms with van der Waals surface area (Å²) in [6, 6.07) is 27.4. The number of para-hydroxylation sites is 1. The molecule has 3 aliphatic rings. The Morgan fingerprint density at radius 3 is 2.52 bits per heavy atom. The Balaban J connectivity index is 1.44. The molecule has 0 bridgehead atoms. The van der Waals surface area contributed by atoms with Crippen LogP contribution in [0.15, 0.2) is 116 Å². The van der Waals surface area contributed by atoms with Gasteiger partial charge in [0, 0.05) is 17.2 Å². The van der Waals surface area contributed by atoms with Gasteiger partial charge in [-0.15, -0.1) is 0 Å². The second-order valence-electron chi connectivity index (χ2n) is 10.8. The Bertz CT molecular complexity index is 1890. The van der Waals surface area contributed by atoms with E-state index in [2.05, 4.69) is 122 Å². The molecule has 7 rings (SSSR count). The Hall–Kier alpha value is -4.66. The minimum atomic E-state index is -0.571. The van der Waals surface area contributed by atoms with Gasteiger partial charge in [0.05, 0.1) is 5.41 Å². The van der Waals surface area contributed by atoms with Gasteiger partial charge in [-0.25, -0.2) is 0 Å². The van der Waals surface area contributed by atoms with E-state index in [1.54, 1.807) is 0 Å². The lowest BCUT2D eigenvalue weighted by molar-refractivity contribution is 0.437. The van der Waals surface area contributed by atoms with E-state index in [1.165, 1.54) is 16.7 Å². The fourth-order valence-electron chi connectivity index (χ4n) is 6.42. The van der Waals surface area contributed by atoms with Crippen LogP contribution in [0, 0.1) is 0 Å². The minimum absolute atomic E-state index is 0.312. The van der Waals surface area contributed by atoms with Gasteiger partial charge in [0.25, 0.3) is 0 Å². The van der Waals surface area contributed by atoms with Gasteiger partial charge in [-0.2, -0.15) is 0 Å².